The van der Waals surface area contributed by atoms with Crippen LogP contribution in [0.5, 0.6) is 0 Å². The lowest BCUT2D eigenvalue weighted by Crippen LogP contribution is -2.30. The Kier molecular flexibility index (Phi) is 3.45. The molecule has 0 aliphatic rings. The maximum absolute atomic E-state index is 5.71. The van der Waals surface area contributed by atoms with Crippen LogP contribution in [0.2, 0.25) is 0 Å². The maximum Gasteiger partial charge on any atom is 0.138 e. The summed E-state index contributed by atoms with van der Waals surface area (Å²) in [5.41, 5.74) is 4.01. The molecule has 0 amide bonds. The van der Waals surface area contributed by atoms with Crippen LogP contribution in [-0.4, -0.2) is 14.8 Å². The molecule has 1 atom stereocenters. The van der Waals surface area contributed by atoms with Crippen LogP contribution in [0.4, 0.5) is 0 Å². The highest BCUT2D eigenvalue weighted by molar-refractivity contribution is 5.83. The van der Waals surface area contributed by atoms with Gasteiger partial charge in [0, 0.05) is 13.5 Å². The molecule has 0 bridgehead atoms. The third kappa shape index (κ3) is 2.41. The van der Waals surface area contributed by atoms with Crippen LogP contribution in [0.15, 0.2) is 48.8 Å². The van der Waals surface area contributed by atoms with E-state index in [-0.39, 0.29) is 6.04 Å². The van der Waals surface area contributed by atoms with Crippen LogP contribution < -0.4 is 11.3 Å². The molecule has 5 heteroatoms. The summed E-state index contributed by atoms with van der Waals surface area (Å²) < 4.78 is 1.77. The summed E-state index contributed by atoms with van der Waals surface area (Å²) in [5.74, 6) is 6.61. The van der Waals surface area contributed by atoms with Gasteiger partial charge >= 0.3 is 0 Å². The van der Waals surface area contributed by atoms with E-state index in [1.54, 1.807) is 11.0 Å². The topological polar surface area (TPSA) is 68.8 Å². The molecule has 0 fully saturated rings. The Hall–Kier alpha value is -2.24. The first-order valence-electron chi connectivity index (χ1n) is 6.55. The SMILES string of the molecule is Cn1ncnc1CC(NN)c1ccc2ccccc2c1. The summed E-state index contributed by atoms with van der Waals surface area (Å²) in [6, 6.07) is 14.7. The van der Waals surface area contributed by atoms with Crippen molar-refractivity contribution in [2.75, 3.05) is 0 Å². The number of nitrogens with two attached hydrogens (primary N) is 1. The molecule has 0 spiro atoms. The second-order valence-electron chi connectivity index (χ2n) is 4.83. The van der Waals surface area contributed by atoms with E-state index < -0.39 is 0 Å². The molecule has 0 aliphatic heterocycles. The van der Waals surface area contributed by atoms with Gasteiger partial charge in [0.2, 0.25) is 0 Å². The molecular formula is C15H17N5. The predicted octanol–water partition coefficient (Wildman–Crippen LogP) is 1.72. The molecule has 20 heavy (non-hydrogen) atoms. The Morgan fingerprint density at radius 1 is 1.20 bits per heavy atom. The van der Waals surface area contributed by atoms with Crippen LogP contribution in [0.3, 0.4) is 0 Å². The Morgan fingerprint density at radius 2 is 2.00 bits per heavy atom. The molecule has 3 aromatic rings. The van der Waals surface area contributed by atoms with Crippen molar-refractivity contribution >= 4 is 10.8 Å². The average Bonchev–Trinajstić information content (AvgIpc) is 2.89. The van der Waals surface area contributed by atoms with Gasteiger partial charge in [-0.3, -0.25) is 16.0 Å². The van der Waals surface area contributed by atoms with Crippen LogP contribution in [0.25, 0.3) is 10.8 Å². The van der Waals surface area contributed by atoms with Gasteiger partial charge < -0.3 is 0 Å². The lowest BCUT2D eigenvalue weighted by molar-refractivity contribution is 0.523. The minimum Gasteiger partial charge on any atom is -0.271 e. The molecule has 1 unspecified atom stereocenters. The third-order valence-corrected chi connectivity index (χ3v) is 3.57. The first kappa shape index (κ1) is 12.8. The molecule has 1 aromatic heterocycles. The van der Waals surface area contributed by atoms with E-state index in [9.17, 15) is 0 Å². The van der Waals surface area contributed by atoms with E-state index in [0.29, 0.717) is 6.42 Å². The molecule has 0 saturated carbocycles. The van der Waals surface area contributed by atoms with Crippen molar-refractivity contribution < 1.29 is 0 Å². The highest BCUT2D eigenvalue weighted by Crippen LogP contribution is 2.22. The Bertz CT molecular complexity index is 719. The highest BCUT2D eigenvalue weighted by Gasteiger charge is 2.14. The summed E-state index contributed by atoms with van der Waals surface area (Å²) in [6.45, 7) is 0. The van der Waals surface area contributed by atoms with Gasteiger partial charge in [-0.25, -0.2) is 4.98 Å². The average molecular weight is 267 g/mol. The van der Waals surface area contributed by atoms with E-state index in [0.717, 1.165) is 11.4 Å². The van der Waals surface area contributed by atoms with Gasteiger partial charge in [0.15, 0.2) is 0 Å². The van der Waals surface area contributed by atoms with Gasteiger partial charge in [-0.2, -0.15) is 5.10 Å². The molecule has 0 radical (unpaired) electrons. The van der Waals surface area contributed by atoms with Gasteiger partial charge in [-0.1, -0.05) is 36.4 Å². The summed E-state index contributed by atoms with van der Waals surface area (Å²) in [5, 5.41) is 6.52. The summed E-state index contributed by atoms with van der Waals surface area (Å²) in [6.07, 6.45) is 2.26. The molecule has 102 valence electrons. The first-order chi connectivity index (χ1) is 9.78. The van der Waals surface area contributed by atoms with Gasteiger partial charge in [-0.15, -0.1) is 0 Å². The van der Waals surface area contributed by atoms with Crippen LogP contribution in [-0.2, 0) is 13.5 Å². The largest absolute Gasteiger partial charge is 0.271 e. The number of hydrogen-bond acceptors (Lipinski definition) is 4. The van der Waals surface area contributed by atoms with Gasteiger partial charge in [0.1, 0.15) is 12.2 Å². The maximum atomic E-state index is 5.71. The van der Waals surface area contributed by atoms with Crippen LogP contribution in [0.1, 0.15) is 17.4 Å². The second-order valence-corrected chi connectivity index (χ2v) is 4.83. The first-order valence-corrected chi connectivity index (χ1v) is 6.55. The molecule has 0 aliphatic carbocycles. The number of aromatic nitrogens is 3. The number of nitrogens with zero attached hydrogens (tertiary/aromatic N) is 3. The summed E-state index contributed by atoms with van der Waals surface area (Å²) in [4.78, 5) is 4.25. The smallest absolute Gasteiger partial charge is 0.138 e. The monoisotopic (exact) mass is 267 g/mol. The quantitative estimate of drug-likeness (QED) is 0.558. The fraction of sp³-hybridized carbons (Fsp3) is 0.200. The zero-order valence-electron chi connectivity index (χ0n) is 11.3. The predicted molar refractivity (Wildman–Crippen MR) is 78.7 cm³/mol. The number of rotatable bonds is 4. The van der Waals surface area contributed by atoms with E-state index in [1.165, 1.54) is 10.8 Å². The van der Waals surface area contributed by atoms with Crippen molar-refractivity contribution in [3.05, 3.63) is 60.2 Å². The van der Waals surface area contributed by atoms with Crippen molar-refractivity contribution in [1.82, 2.24) is 20.2 Å². The van der Waals surface area contributed by atoms with Gasteiger partial charge in [0.25, 0.3) is 0 Å². The number of nitrogens with one attached hydrogen (secondary N) is 1. The molecule has 0 saturated heterocycles. The van der Waals surface area contributed by atoms with E-state index in [4.69, 9.17) is 5.84 Å². The van der Waals surface area contributed by atoms with E-state index in [1.807, 2.05) is 19.2 Å². The fourth-order valence-corrected chi connectivity index (χ4v) is 2.39. The van der Waals surface area contributed by atoms with Crippen molar-refractivity contribution in [1.29, 1.82) is 0 Å². The Balaban J connectivity index is 1.92. The Labute approximate surface area is 117 Å². The fourth-order valence-electron chi connectivity index (χ4n) is 2.39. The summed E-state index contributed by atoms with van der Waals surface area (Å²) >= 11 is 0. The molecule has 3 rings (SSSR count). The van der Waals surface area contributed by atoms with E-state index >= 15 is 0 Å². The van der Waals surface area contributed by atoms with Crippen molar-refractivity contribution in [2.24, 2.45) is 12.9 Å². The van der Waals surface area contributed by atoms with Crippen molar-refractivity contribution in [3.8, 4) is 0 Å². The van der Waals surface area contributed by atoms with Gasteiger partial charge in [0.05, 0.1) is 6.04 Å². The van der Waals surface area contributed by atoms with Crippen LogP contribution >= 0.6 is 0 Å². The molecule has 5 nitrogen and oxygen atoms in total. The number of hydrazine groups is 1. The normalized spacial score (nSPS) is 12.7. The zero-order valence-corrected chi connectivity index (χ0v) is 11.3. The standard InChI is InChI=1S/C15H17N5/c1-20-15(17-10-18-20)9-14(19-16)13-7-6-11-4-2-3-5-12(11)8-13/h2-8,10,14,19H,9,16H2,1H3. The number of hydrogen-bond donors (Lipinski definition) is 2. The third-order valence-electron chi connectivity index (χ3n) is 3.57. The van der Waals surface area contributed by atoms with Crippen molar-refractivity contribution in [2.45, 2.75) is 12.5 Å². The number of fused-ring (bicyclic) bond motifs is 1. The minimum absolute atomic E-state index is 0.0162. The molecular weight excluding hydrogens is 250 g/mol. The summed E-state index contributed by atoms with van der Waals surface area (Å²) in [7, 11) is 1.89. The lowest BCUT2D eigenvalue weighted by atomic mass is 10.00. The molecule has 1 heterocycles. The minimum atomic E-state index is 0.0162. The molecule has 2 aromatic carbocycles. The lowest BCUT2D eigenvalue weighted by Gasteiger charge is -2.16. The molecule has 3 N–H and O–H groups in total. The Morgan fingerprint density at radius 3 is 2.70 bits per heavy atom. The number of benzene rings is 2. The van der Waals surface area contributed by atoms with E-state index in [2.05, 4.69) is 45.8 Å². The van der Waals surface area contributed by atoms with Gasteiger partial charge in [-0.05, 0) is 22.4 Å². The number of aryl methyl sites for hydroxylation is 1. The second kappa shape index (κ2) is 5.40. The zero-order chi connectivity index (χ0) is 13.9. The highest BCUT2D eigenvalue weighted by atomic mass is 15.3. The van der Waals surface area contributed by atoms with Crippen LogP contribution in [0, 0.1) is 0 Å². The van der Waals surface area contributed by atoms with Crippen molar-refractivity contribution in [3.63, 3.8) is 0 Å².